The molecular weight excluding hydrogens is 324 g/mol. The van der Waals surface area contributed by atoms with Crippen molar-refractivity contribution in [3.63, 3.8) is 0 Å². The van der Waals surface area contributed by atoms with Crippen LogP contribution in [-0.4, -0.2) is 23.6 Å². The number of methoxy groups -OCH3 is 1. The van der Waals surface area contributed by atoms with Crippen LogP contribution in [0.15, 0.2) is 12.1 Å². The molecule has 0 aromatic heterocycles. The zero-order valence-electron chi connectivity index (χ0n) is 13.0. The Balaban J connectivity index is 3.49. The first-order valence-corrected chi connectivity index (χ1v) is 6.92. The van der Waals surface area contributed by atoms with Gasteiger partial charge in [-0.25, -0.2) is 0 Å². The fourth-order valence-corrected chi connectivity index (χ4v) is 2.11. The summed E-state index contributed by atoms with van der Waals surface area (Å²) in [4.78, 5) is 35.1. The van der Waals surface area contributed by atoms with Crippen LogP contribution in [0.4, 0.5) is 5.69 Å². The van der Waals surface area contributed by atoms with Gasteiger partial charge in [-0.05, 0) is 6.07 Å². The number of nitro groups is 1. The molecule has 8 heteroatoms. The quantitative estimate of drug-likeness (QED) is 0.353. The van der Waals surface area contributed by atoms with Gasteiger partial charge in [0.2, 0.25) is 0 Å². The molecule has 0 amide bonds. The van der Waals surface area contributed by atoms with Crippen LogP contribution in [-0.2, 0) is 4.79 Å². The average molecular weight is 339 g/mol. The second-order valence-corrected chi connectivity index (χ2v) is 6.21. The Kier molecular flexibility index (Phi) is 5.46. The minimum Gasteiger partial charge on any atom is -0.495 e. The summed E-state index contributed by atoms with van der Waals surface area (Å²) >= 11 is 5.83. The fraction of sp³-hybridized carbons (Fsp3) is 0.400. The van der Waals surface area contributed by atoms with E-state index in [9.17, 15) is 25.0 Å². The van der Waals surface area contributed by atoms with Gasteiger partial charge in [0.05, 0.1) is 23.1 Å². The summed E-state index contributed by atoms with van der Waals surface area (Å²) in [6, 6.07) is 3.66. The lowest BCUT2D eigenvalue weighted by atomic mass is 9.80. The molecule has 0 aliphatic heterocycles. The summed E-state index contributed by atoms with van der Waals surface area (Å²) in [6.45, 7) is 4.68. The predicted octanol–water partition coefficient (Wildman–Crippen LogP) is 3.19. The molecule has 0 N–H and O–H groups in total. The standard InChI is InChI=1S/C15H15ClN2O5/c1-15(2,3)14(20)9(7-17)13(19)8-5-12(23-4)10(16)6-11(8)18(21)22/h5-6,9H,1-4H3. The maximum absolute atomic E-state index is 12.5. The number of ether oxygens (including phenoxy) is 1. The summed E-state index contributed by atoms with van der Waals surface area (Å²) in [5, 5.41) is 20.3. The molecule has 0 spiro atoms. The minimum atomic E-state index is -1.64. The normalized spacial score (nSPS) is 12.2. The molecule has 1 aromatic carbocycles. The average Bonchev–Trinajstić information content (AvgIpc) is 2.46. The summed E-state index contributed by atoms with van der Waals surface area (Å²) in [5.74, 6) is -3.16. The van der Waals surface area contributed by atoms with E-state index in [4.69, 9.17) is 16.3 Å². The lowest BCUT2D eigenvalue weighted by Gasteiger charge is -2.19. The van der Waals surface area contributed by atoms with E-state index in [1.807, 2.05) is 0 Å². The van der Waals surface area contributed by atoms with Crippen LogP contribution >= 0.6 is 11.6 Å². The van der Waals surface area contributed by atoms with Gasteiger partial charge in [-0.1, -0.05) is 32.4 Å². The highest BCUT2D eigenvalue weighted by molar-refractivity contribution is 6.32. The first-order chi connectivity index (χ1) is 10.5. The molecule has 0 saturated carbocycles. The maximum atomic E-state index is 12.5. The van der Waals surface area contributed by atoms with E-state index in [0.717, 1.165) is 12.1 Å². The van der Waals surface area contributed by atoms with Crippen LogP contribution in [0.1, 0.15) is 31.1 Å². The number of carbonyl (C=O) groups is 2. The molecule has 1 rings (SSSR count). The van der Waals surface area contributed by atoms with Crippen molar-refractivity contribution in [2.45, 2.75) is 20.8 Å². The number of ketones is 2. The van der Waals surface area contributed by atoms with Gasteiger partial charge in [0.25, 0.3) is 5.69 Å². The van der Waals surface area contributed by atoms with Crippen molar-refractivity contribution < 1.29 is 19.2 Å². The van der Waals surface area contributed by atoms with Gasteiger partial charge in [-0.2, -0.15) is 5.26 Å². The van der Waals surface area contributed by atoms with Gasteiger partial charge < -0.3 is 4.74 Å². The van der Waals surface area contributed by atoms with E-state index in [2.05, 4.69) is 0 Å². The molecule has 0 aliphatic rings. The van der Waals surface area contributed by atoms with Crippen LogP contribution in [0, 0.1) is 32.8 Å². The Labute approximate surface area is 138 Å². The van der Waals surface area contributed by atoms with Gasteiger partial charge in [0.1, 0.15) is 11.3 Å². The Morgan fingerprint density at radius 3 is 2.35 bits per heavy atom. The molecule has 1 atom stereocenters. The predicted molar refractivity (Wildman–Crippen MR) is 82.6 cm³/mol. The van der Waals surface area contributed by atoms with Crippen molar-refractivity contribution in [2.75, 3.05) is 7.11 Å². The summed E-state index contributed by atoms with van der Waals surface area (Å²) in [5.41, 5.74) is -1.91. The summed E-state index contributed by atoms with van der Waals surface area (Å²) in [7, 11) is 1.28. The van der Waals surface area contributed by atoms with Gasteiger partial charge in [0.15, 0.2) is 17.5 Å². The molecule has 7 nitrogen and oxygen atoms in total. The Morgan fingerprint density at radius 2 is 1.96 bits per heavy atom. The molecular formula is C15H15ClN2O5. The lowest BCUT2D eigenvalue weighted by molar-refractivity contribution is -0.385. The number of nitriles is 1. The van der Waals surface area contributed by atoms with Crippen molar-refractivity contribution in [3.8, 4) is 11.8 Å². The highest BCUT2D eigenvalue weighted by Gasteiger charge is 2.38. The van der Waals surface area contributed by atoms with Crippen LogP contribution in [0.2, 0.25) is 5.02 Å². The first kappa shape index (κ1) is 18.6. The number of Topliss-reactive ketones (excluding diaryl/α,β-unsaturated/α-hetero) is 2. The van der Waals surface area contributed by atoms with Gasteiger partial charge in [0, 0.05) is 11.5 Å². The maximum Gasteiger partial charge on any atom is 0.282 e. The highest BCUT2D eigenvalue weighted by Crippen LogP contribution is 2.34. The van der Waals surface area contributed by atoms with Crippen LogP contribution in [0.25, 0.3) is 0 Å². The van der Waals surface area contributed by atoms with E-state index in [0.29, 0.717) is 0 Å². The Morgan fingerprint density at radius 1 is 1.39 bits per heavy atom. The number of halogens is 1. The van der Waals surface area contributed by atoms with Crippen molar-refractivity contribution in [1.29, 1.82) is 5.26 Å². The molecule has 23 heavy (non-hydrogen) atoms. The summed E-state index contributed by atoms with van der Waals surface area (Å²) in [6.07, 6.45) is 0. The SMILES string of the molecule is COc1cc(C(=O)C(C#N)C(=O)C(C)(C)C)c([N+](=O)[O-])cc1Cl. The van der Waals surface area contributed by atoms with E-state index >= 15 is 0 Å². The highest BCUT2D eigenvalue weighted by atomic mass is 35.5. The molecule has 0 fully saturated rings. The number of nitro benzene ring substituents is 1. The number of carbonyl (C=O) groups excluding carboxylic acids is 2. The largest absolute Gasteiger partial charge is 0.495 e. The van der Waals surface area contributed by atoms with Crippen LogP contribution < -0.4 is 4.74 Å². The smallest absolute Gasteiger partial charge is 0.282 e. The van der Waals surface area contributed by atoms with Gasteiger partial charge >= 0.3 is 0 Å². The zero-order chi connectivity index (χ0) is 17.9. The fourth-order valence-electron chi connectivity index (χ4n) is 1.87. The molecule has 0 aliphatic carbocycles. The lowest BCUT2D eigenvalue weighted by Crippen LogP contribution is -2.33. The number of hydrogen-bond acceptors (Lipinski definition) is 6. The number of rotatable bonds is 5. The van der Waals surface area contributed by atoms with Crippen molar-refractivity contribution in [2.24, 2.45) is 11.3 Å². The molecule has 0 radical (unpaired) electrons. The Hall–Kier alpha value is -2.46. The van der Waals surface area contributed by atoms with Crippen molar-refractivity contribution in [3.05, 3.63) is 32.8 Å². The zero-order valence-corrected chi connectivity index (χ0v) is 13.8. The Bertz CT molecular complexity index is 716. The monoisotopic (exact) mass is 338 g/mol. The minimum absolute atomic E-state index is 0.0421. The van der Waals surface area contributed by atoms with Crippen molar-refractivity contribution >= 4 is 28.9 Å². The first-order valence-electron chi connectivity index (χ1n) is 6.54. The number of hydrogen-bond donors (Lipinski definition) is 0. The van der Waals surface area contributed by atoms with Crippen molar-refractivity contribution in [1.82, 2.24) is 0 Å². The van der Waals surface area contributed by atoms with Gasteiger partial charge in [-0.15, -0.1) is 0 Å². The molecule has 0 saturated heterocycles. The number of benzene rings is 1. The second-order valence-electron chi connectivity index (χ2n) is 5.80. The molecule has 0 bridgehead atoms. The van der Waals surface area contributed by atoms with Gasteiger partial charge in [-0.3, -0.25) is 19.7 Å². The third-order valence-electron chi connectivity index (χ3n) is 3.12. The van der Waals surface area contributed by atoms with E-state index in [1.165, 1.54) is 7.11 Å². The second kappa shape index (κ2) is 6.75. The van der Waals surface area contributed by atoms with Crippen LogP contribution in [0.5, 0.6) is 5.75 Å². The third kappa shape index (κ3) is 3.85. The van der Waals surface area contributed by atoms with Crippen LogP contribution in [0.3, 0.4) is 0 Å². The summed E-state index contributed by atoms with van der Waals surface area (Å²) < 4.78 is 4.94. The molecule has 122 valence electrons. The van der Waals surface area contributed by atoms with E-state index in [1.54, 1.807) is 26.8 Å². The molecule has 0 heterocycles. The van der Waals surface area contributed by atoms with E-state index in [-0.39, 0.29) is 16.3 Å². The third-order valence-corrected chi connectivity index (χ3v) is 3.42. The topological polar surface area (TPSA) is 110 Å². The molecule has 1 aromatic rings. The molecule has 1 unspecified atom stereocenters. The van der Waals surface area contributed by atoms with E-state index < -0.39 is 33.5 Å². The number of nitrogens with zero attached hydrogens (tertiary/aromatic N) is 2.